The van der Waals surface area contributed by atoms with Gasteiger partial charge in [0.2, 0.25) is 0 Å². The summed E-state index contributed by atoms with van der Waals surface area (Å²) in [4.78, 5) is 19.8. The summed E-state index contributed by atoms with van der Waals surface area (Å²) in [5.74, 6) is 0. The first kappa shape index (κ1) is 10.3. The van der Waals surface area contributed by atoms with Gasteiger partial charge in [0.05, 0.1) is 16.6 Å². The Labute approximate surface area is 108 Å². The van der Waals surface area contributed by atoms with E-state index in [1.54, 1.807) is 4.40 Å². The molecule has 0 saturated heterocycles. The van der Waals surface area contributed by atoms with Crippen molar-refractivity contribution in [1.29, 1.82) is 0 Å². The van der Waals surface area contributed by atoms with Crippen LogP contribution in [0.15, 0.2) is 47.3 Å². The topological polar surface area (TPSA) is 50.2 Å². The van der Waals surface area contributed by atoms with E-state index < -0.39 is 0 Å². The molecule has 4 rings (SSSR count). The average Bonchev–Trinajstić information content (AvgIpc) is 2.81. The Balaban J connectivity index is 2.41. The summed E-state index contributed by atoms with van der Waals surface area (Å²) in [6, 6.07) is 13.6. The fourth-order valence-electron chi connectivity index (χ4n) is 2.58. The van der Waals surface area contributed by atoms with Crippen LogP contribution in [0.25, 0.3) is 27.6 Å². The Morgan fingerprint density at radius 3 is 2.84 bits per heavy atom. The minimum Gasteiger partial charge on any atom is -0.306 e. The lowest BCUT2D eigenvalue weighted by atomic mass is 10.2. The molecule has 0 aliphatic rings. The third-order valence-electron chi connectivity index (χ3n) is 3.50. The van der Waals surface area contributed by atoms with Gasteiger partial charge < -0.3 is 4.98 Å². The van der Waals surface area contributed by atoms with Gasteiger partial charge in [-0.3, -0.25) is 0 Å². The zero-order chi connectivity index (χ0) is 13.0. The molecule has 92 valence electrons. The third-order valence-corrected chi connectivity index (χ3v) is 3.50. The molecular weight excluding hydrogens is 238 g/mol. The number of aromatic amines is 1. The van der Waals surface area contributed by atoms with Gasteiger partial charge in [-0.2, -0.15) is 0 Å². The van der Waals surface area contributed by atoms with Gasteiger partial charge in [-0.25, -0.2) is 14.2 Å². The van der Waals surface area contributed by atoms with E-state index in [0.29, 0.717) is 5.65 Å². The summed E-state index contributed by atoms with van der Waals surface area (Å²) in [7, 11) is 0. The van der Waals surface area contributed by atoms with Gasteiger partial charge in [0.25, 0.3) is 0 Å². The number of aryl methyl sites for hydroxylation is 1. The van der Waals surface area contributed by atoms with Crippen LogP contribution >= 0.6 is 0 Å². The molecule has 0 bridgehead atoms. The van der Waals surface area contributed by atoms with Crippen LogP contribution in [0, 0.1) is 6.92 Å². The van der Waals surface area contributed by atoms with Crippen LogP contribution in [-0.2, 0) is 0 Å². The Kier molecular flexibility index (Phi) is 1.87. The van der Waals surface area contributed by atoms with Crippen molar-refractivity contribution < 1.29 is 0 Å². The molecule has 0 radical (unpaired) electrons. The largest absolute Gasteiger partial charge is 0.332 e. The van der Waals surface area contributed by atoms with Crippen LogP contribution < -0.4 is 5.69 Å². The summed E-state index contributed by atoms with van der Waals surface area (Å²) in [5.41, 5.74) is 4.18. The molecule has 4 heteroatoms. The Hall–Kier alpha value is -2.62. The standard InChI is InChI=1S/C15H11N3O/c1-9-5-4-8-12-13(9)17-14-10-6-2-3-7-11(10)16-15(19)18(12)14/h2-8H,1H3,(H,16,19). The van der Waals surface area contributed by atoms with Crippen molar-refractivity contribution in [2.45, 2.75) is 6.92 Å². The van der Waals surface area contributed by atoms with E-state index >= 15 is 0 Å². The van der Waals surface area contributed by atoms with Crippen molar-refractivity contribution in [3.05, 3.63) is 58.5 Å². The zero-order valence-electron chi connectivity index (χ0n) is 10.3. The summed E-state index contributed by atoms with van der Waals surface area (Å²) in [5, 5.41) is 0.956. The molecular formula is C15H11N3O. The molecule has 0 saturated carbocycles. The number of imidazole rings is 1. The molecule has 2 aromatic heterocycles. The molecule has 2 aromatic carbocycles. The molecule has 0 fully saturated rings. The molecule has 19 heavy (non-hydrogen) atoms. The van der Waals surface area contributed by atoms with Gasteiger partial charge in [-0.15, -0.1) is 0 Å². The van der Waals surface area contributed by atoms with Crippen LogP contribution in [0.4, 0.5) is 0 Å². The van der Waals surface area contributed by atoms with Crippen molar-refractivity contribution >= 4 is 27.6 Å². The lowest BCUT2D eigenvalue weighted by molar-refractivity contribution is 1.06. The number of fused-ring (bicyclic) bond motifs is 5. The summed E-state index contributed by atoms with van der Waals surface area (Å²) < 4.78 is 1.64. The number of aromatic nitrogens is 3. The minimum atomic E-state index is -0.151. The molecule has 0 spiro atoms. The second-order valence-electron chi connectivity index (χ2n) is 4.69. The Morgan fingerprint density at radius 1 is 1.11 bits per heavy atom. The van der Waals surface area contributed by atoms with E-state index in [4.69, 9.17) is 0 Å². The minimum absolute atomic E-state index is 0.151. The van der Waals surface area contributed by atoms with Crippen molar-refractivity contribution in [3.63, 3.8) is 0 Å². The highest BCUT2D eigenvalue weighted by molar-refractivity contribution is 5.96. The SMILES string of the molecule is Cc1cccc2c1nc1c3ccccc3[nH]c(=O)n21. The Bertz CT molecular complexity index is 995. The predicted molar refractivity (Wildman–Crippen MR) is 75.6 cm³/mol. The zero-order valence-corrected chi connectivity index (χ0v) is 10.3. The van der Waals surface area contributed by atoms with Gasteiger partial charge in [0.1, 0.15) is 0 Å². The highest BCUT2D eigenvalue weighted by atomic mass is 16.1. The van der Waals surface area contributed by atoms with E-state index in [1.807, 2.05) is 49.4 Å². The van der Waals surface area contributed by atoms with Crippen LogP contribution in [0.2, 0.25) is 0 Å². The van der Waals surface area contributed by atoms with Crippen molar-refractivity contribution in [3.8, 4) is 0 Å². The summed E-state index contributed by atoms with van der Waals surface area (Å²) in [6.45, 7) is 2.01. The fourth-order valence-corrected chi connectivity index (χ4v) is 2.58. The number of benzene rings is 2. The number of para-hydroxylation sites is 2. The maximum Gasteiger partial charge on any atom is 0.332 e. The fraction of sp³-hybridized carbons (Fsp3) is 0.0667. The molecule has 0 amide bonds. The molecule has 0 aliphatic carbocycles. The summed E-state index contributed by atoms with van der Waals surface area (Å²) >= 11 is 0. The van der Waals surface area contributed by atoms with E-state index in [0.717, 1.165) is 27.5 Å². The van der Waals surface area contributed by atoms with E-state index in [2.05, 4.69) is 9.97 Å². The lowest BCUT2D eigenvalue weighted by Crippen LogP contribution is -2.15. The van der Waals surface area contributed by atoms with Gasteiger partial charge in [0.15, 0.2) is 5.65 Å². The highest BCUT2D eigenvalue weighted by Crippen LogP contribution is 2.22. The predicted octanol–water partition coefficient (Wildman–Crippen LogP) is 2.64. The smallest absolute Gasteiger partial charge is 0.306 e. The number of nitrogens with zero attached hydrogens (tertiary/aromatic N) is 2. The van der Waals surface area contributed by atoms with Crippen molar-refractivity contribution in [2.24, 2.45) is 0 Å². The molecule has 4 nitrogen and oxygen atoms in total. The molecule has 2 heterocycles. The number of nitrogens with one attached hydrogen (secondary N) is 1. The van der Waals surface area contributed by atoms with Crippen molar-refractivity contribution in [2.75, 3.05) is 0 Å². The lowest BCUT2D eigenvalue weighted by Gasteiger charge is -2.00. The molecule has 0 atom stereocenters. The third kappa shape index (κ3) is 1.28. The van der Waals surface area contributed by atoms with Crippen molar-refractivity contribution in [1.82, 2.24) is 14.4 Å². The maximum atomic E-state index is 12.2. The number of H-pyrrole nitrogens is 1. The number of rotatable bonds is 0. The van der Waals surface area contributed by atoms with E-state index in [1.165, 1.54) is 0 Å². The quantitative estimate of drug-likeness (QED) is 0.521. The van der Waals surface area contributed by atoms with E-state index in [9.17, 15) is 4.79 Å². The van der Waals surface area contributed by atoms with Gasteiger partial charge in [-0.1, -0.05) is 24.3 Å². The van der Waals surface area contributed by atoms with Gasteiger partial charge in [-0.05, 0) is 30.7 Å². The molecule has 0 aliphatic heterocycles. The first-order valence-electron chi connectivity index (χ1n) is 6.14. The van der Waals surface area contributed by atoms with Gasteiger partial charge in [0, 0.05) is 5.39 Å². The van der Waals surface area contributed by atoms with E-state index in [-0.39, 0.29) is 5.69 Å². The van der Waals surface area contributed by atoms with Crippen LogP contribution in [0.3, 0.4) is 0 Å². The monoisotopic (exact) mass is 249 g/mol. The first-order valence-corrected chi connectivity index (χ1v) is 6.14. The van der Waals surface area contributed by atoms with Crippen LogP contribution in [-0.4, -0.2) is 14.4 Å². The Morgan fingerprint density at radius 2 is 1.95 bits per heavy atom. The van der Waals surface area contributed by atoms with Gasteiger partial charge >= 0.3 is 5.69 Å². The maximum absolute atomic E-state index is 12.2. The number of hydrogen-bond donors (Lipinski definition) is 1. The number of hydrogen-bond acceptors (Lipinski definition) is 2. The highest BCUT2D eigenvalue weighted by Gasteiger charge is 2.11. The molecule has 4 aromatic rings. The second-order valence-corrected chi connectivity index (χ2v) is 4.69. The van der Waals surface area contributed by atoms with Crippen LogP contribution in [0.1, 0.15) is 5.56 Å². The summed E-state index contributed by atoms with van der Waals surface area (Å²) in [6.07, 6.45) is 0. The molecule has 1 N–H and O–H groups in total. The molecule has 0 unspecified atom stereocenters. The second kappa shape index (κ2) is 3.45. The van der Waals surface area contributed by atoms with Crippen LogP contribution in [0.5, 0.6) is 0 Å². The first-order chi connectivity index (χ1) is 9.25. The normalized spacial score (nSPS) is 11.6. The average molecular weight is 249 g/mol.